The summed E-state index contributed by atoms with van der Waals surface area (Å²) in [7, 11) is 0. The van der Waals surface area contributed by atoms with Gasteiger partial charge in [0, 0.05) is 29.9 Å². The number of aromatic hydroxyl groups is 1. The minimum Gasteiger partial charge on any atom is -0.505 e. The number of Topliss-reactive ketones (excluding diaryl/α,β-unsaturated/α-hetero) is 1. The molecule has 8 nitrogen and oxygen atoms in total. The lowest BCUT2D eigenvalue weighted by Gasteiger charge is -2.07. The van der Waals surface area contributed by atoms with Crippen LogP contribution in [0.4, 0.5) is 5.69 Å². The Morgan fingerprint density at radius 1 is 0.917 bits per heavy atom. The summed E-state index contributed by atoms with van der Waals surface area (Å²) in [5.74, 6) is -1.72. The van der Waals surface area contributed by atoms with Crippen LogP contribution in [0.2, 0.25) is 0 Å². The third kappa shape index (κ3) is 3.08. The second-order valence-electron chi connectivity index (χ2n) is 8.22. The van der Waals surface area contributed by atoms with E-state index < -0.39 is 17.6 Å². The standard InChI is InChI=1S/C28H16N4O4/c33-25-19-9-1-3-11-21(19)31(27(35)17-7-5-13-29-15-17)23(25)24-26(34)20-10-2-4-12-22(20)32(24)28(36)18-8-6-14-30-16-18/h1-16H/p+2. The van der Waals surface area contributed by atoms with Crippen molar-refractivity contribution in [1.29, 1.82) is 0 Å². The van der Waals surface area contributed by atoms with Crippen molar-refractivity contribution in [2.75, 3.05) is 0 Å². The Morgan fingerprint density at radius 3 is 2.47 bits per heavy atom. The van der Waals surface area contributed by atoms with E-state index in [-0.39, 0.29) is 22.7 Å². The van der Waals surface area contributed by atoms with Gasteiger partial charge in [0.05, 0.1) is 5.52 Å². The van der Waals surface area contributed by atoms with Crippen LogP contribution in [0.25, 0.3) is 10.9 Å². The number of fused-ring (bicyclic) bond motifs is 2. The van der Waals surface area contributed by atoms with Crippen molar-refractivity contribution < 1.29 is 29.0 Å². The van der Waals surface area contributed by atoms with E-state index in [4.69, 9.17) is 0 Å². The Kier molecular flexibility index (Phi) is 4.86. The first-order valence-corrected chi connectivity index (χ1v) is 11.2. The Bertz CT molecular complexity index is 1740. The zero-order valence-electron chi connectivity index (χ0n) is 18.8. The Hall–Kier alpha value is -5.24. The molecule has 0 aliphatic carbocycles. The molecule has 1 aliphatic rings. The second kappa shape index (κ2) is 8.21. The molecule has 5 aromatic rings. The van der Waals surface area contributed by atoms with Gasteiger partial charge < -0.3 is 5.11 Å². The van der Waals surface area contributed by atoms with Gasteiger partial charge in [-0.25, -0.2) is 9.78 Å². The maximum absolute atomic E-state index is 13.8. The van der Waals surface area contributed by atoms with Crippen LogP contribution in [0.5, 0.6) is 5.75 Å². The molecule has 1 amide bonds. The molecule has 3 aromatic heterocycles. The minimum absolute atomic E-state index is 0.0523. The van der Waals surface area contributed by atoms with Crippen LogP contribution in [-0.2, 0) is 0 Å². The van der Waals surface area contributed by atoms with Crippen molar-refractivity contribution in [2.45, 2.75) is 0 Å². The van der Waals surface area contributed by atoms with E-state index in [0.717, 1.165) is 0 Å². The fourth-order valence-corrected chi connectivity index (χ4v) is 4.56. The fourth-order valence-electron chi connectivity index (χ4n) is 4.56. The first-order chi connectivity index (χ1) is 17.6. The highest BCUT2D eigenvalue weighted by molar-refractivity contribution is 6.53. The predicted octanol–water partition coefficient (Wildman–Crippen LogP) is 3.41. The number of carbonyl (C=O) groups excluding carboxylic acids is 3. The zero-order chi connectivity index (χ0) is 24.8. The van der Waals surface area contributed by atoms with Crippen molar-refractivity contribution >= 4 is 39.9 Å². The first-order valence-electron chi connectivity index (χ1n) is 11.2. The molecule has 8 heteroatoms. The van der Waals surface area contributed by atoms with Gasteiger partial charge in [0.15, 0.2) is 23.8 Å². The number of benzene rings is 2. The average molecular weight is 474 g/mol. The number of amides is 1. The Balaban J connectivity index is 1.71. The van der Waals surface area contributed by atoms with E-state index in [1.807, 2.05) is 0 Å². The number of hydrogen-bond acceptors (Lipinski definition) is 5. The van der Waals surface area contributed by atoms with E-state index in [9.17, 15) is 19.5 Å². The number of H-pyrrole nitrogens is 1. The summed E-state index contributed by atoms with van der Waals surface area (Å²) in [6, 6.07) is 20.0. The van der Waals surface area contributed by atoms with Crippen LogP contribution in [0.3, 0.4) is 0 Å². The first kappa shape index (κ1) is 21.3. The monoisotopic (exact) mass is 474 g/mol. The normalized spacial score (nSPS) is 12.7. The number of aromatic amines is 1. The molecule has 1 aliphatic heterocycles. The molecule has 0 bridgehead atoms. The van der Waals surface area contributed by atoms with Crippen molar-refractivity contribution in [3.05, 3.63) is 120 Å². The van der Waals surface area contributed by atoms with Crippen LogP contribution in [0, 0.1) is 0 Å². The van der Waals surface area contributed by atoms with Crippen molar-refractivity contribution in [3.8, 4) is 5.75 Å². The number of aromatic nitrogens is 3. The molecule has 4 heterocycles. The van der Waals surface area contributed by atoms with Crippen molar-refractivity contribution in [1.82, 2.24) is 9.55 Å². The smallest absolute Gasteiger partial charge is 0.427 e. The van der Waals surface area contributed by atoms with Gasteiger partial charge in [-0.2, -0.15) is 0 Å². The molecule has 0 atom stereocenters. The quantitative estimate of drug-likeness (QED) is 0.404. The number of pyridine rings is 2. The molecule has 0 unspecified atom stereocenters. The number of para-hydroxylation sites is 2. The van der Waals surface area contributed by atoms with E-state index in [1.165, 1.54) is 21.5 Å². The molecule has 0 spiro atoms. The third-order valence-electron chi connectivity index (χ3n) is 6.17. The maximum atomic E-state index is 13.8. The van der Waals surface area contributed by atoms with Crippen molar-refractivity contribution in [2.24, 2.45) is 0 Å². The van der Waals surface area contributed by atoms with Crippen LogP contribution < -0.4 is 4.98 Å². The summed E-state index contributed by atoms with van der Waals surface area (Å²) in [5.41, 5.74) is 1.47. The molecule has 36 heavy (non-hydrogen) atoms. The SMILES string of the molecule is O=C1C(c2c(O)c3ccccc3n2C(=O)c2ccc[nH+]c2)=[N+](C(=O)c2cccnc2)c2ccccc21. The van der Waals surface area contributed by atoms with Crippen molar-refractivity contribution in [3.63, 3.8) is 0 Å². The van der Waals surface area contributed by atoms with E-state index in [2.05, 4.69) is 9.97 Å². The van der Waals surface area contributed by atoms with Crippen LogP contribution >= 0.6 is 0 Å². The molecule has 0 saturated carbocycles. The largest absolute Gasteiger partial charge is 0.505 e. The van der Waals surface area contributed by atoms with Gasteiger partial charge >= 0.3 is 5.91 Å². The minimum atomic E-state index is -0.506. The fraction of sp³-hybridized carbons (Fsp3) is 0. The summed E-state index contributed by atoms with van der Waals surface area (Å²) in [4.78, 5) is 48.2. The topological polar surface area (TPSA) is 106 Å². The number of ketones is 1. The van der Waals surface area contributed by atoms with Gasteiger partial charge in [-0.15, -0.1) is 4.58 Å². The Morgan fingerprint density at radius 2 is 1.69 bits per heavy atom. The molecule has 0 radical (unpaired) electrons. The lowest BCUT2D eigenvalue weighted by Crippen LogP contribution is -2.29. The maximum Gasteiger partial charge on any atom is 0.427 e. The number of nitrogens with one attached hydrogen (secondary N) is 1. The van der Waals surface area contributed by atoms with Crippen LogP contribution in [-0.4, -0.2) is 42.5 Å². The summed E-state index contributed by atoms with van der Waals surface area (Å²) in [6.45, 7) is 0. The van der Waals surface area contributed by atoms with Crippen LogP contribution in [0.15, 0.2) is 97.6 Å². The van der Waals surface area contributed by atoms with Gasteiger partial charge in [-0.1, -0.05) is 24.3 Å². The number of carbonyl (C=O) groups is 3. The molecule has 172 valence electrons. The van der Waals surface area contributed by atoms with Gasteiger partial charge in [0.2, 0.25) is 5.69 Å². The summed E-state index contributed by atoms with van der Waals surface area (Å²) in [6.07, 6.45) is 6.16. The average Bonchev–Trinajstić information content (AvgIpc) is 3.39. The summed E-state index contributed by atoms with van der Waals surface area (Å²) >= 11 is 0. The van der Waals surface area contributed by atoms with E-state index in [1.54, 1.807) is 85.2 Å². The van der Waals surface area contributed by atoms with Gasteiger partial charge in [-0.05, 0) is 36.4 Å². The van der Waals surface area contributed by atoms with E-state index in [0.29, 0.717) is 27.7 Å². The molecule has 2 aromatic carbocycles. The molecule has 6 rings (SSSR count). The highest BCUT2D eigenvalue weighted by atomic mass is 16.3. The molecule has 2 N–H and O–H groups in total. The zero-order valence-corrected chi connectivity index (χ0v) is 18.8. The molecular weight excluding hydrogens is 456 g/mol. The Labute approximate surface area is 204 Å². The highest BCUT2D eigenvalue weighted by Crippen LogP contribution is 2.38. The molecule has 0 saturated heterocycles. The third-order valence-corrected chi connectivity index (χ3v) is 6.17. The predicted molar refractivity (Wildman–Crippen MR) is 130 cm³/mol. The molecule has 0 fully saturated rings. The van der Waals surface area contributed by atoms with E-state index >= 15 is 0 Å². The van der Waals surface area contributed by atoms with Gasteiger partial charge in [0.1, 0.15) is 16.7 Å². The molecular formula is C28H18N4O4+2. The number of rotatable bonds is 3. The van der Waals surface area contributed by atoms with Crippen LogP contribution in [0.1, 0.15) is 36.8 Å². The lowest BCUT2D eigenvalue weighted by atomic mass is 10.1. The van der Waals surface area contributed by atoms with Gasteiger partial charge in [-0.3, -0.25) is 19.1 Å². The van der Waals surface area contributed by atoms with Gasteiger partial charge in [0.25, 0.3) is 17.4 Å². The lowest BCUT2D eigenvalue weighted by molar-refractivity contribution is -0.378. The summed E-state index contributed by atoms with van der Waals surface area (Å²) < 4.78 is 2.54. The second-order valence-corrected chi connectivity index (χ2v) is 8.22. The summed E-state index contributed by atoms with van der Waals surface area (Å²) in [5, 5.41) is 11.8. The highest BCUT2D eigenvalue weighted by Gasteiger charge is 2.47. The number of nitrogens with zero attached hydrogens (tertiary/aromatic N) is 3. The number of hydrogen-bond donors (Lipinski definition) is 1.